The van der Waals surface area contributed by atoms with Crippen LogP contribution in [0.25, 0.3) is 10.9 Å². The second kappa shape index (κ2) is 6.20. The van der Waals surface area contributed by atoms with Gasteiger partial charge in [0.05, 0.1) is 5.52 Å². The second-order valence-corrected chi connectivity index (χ2v) is 5.92. The van der Waals surface area contributed by atoms with Gasteiger partial charge in [0.1, 0.15) is 16.4 Å². The van der Waals surface area contributed by atoms with E-state index in [0.717, 1.165) is 32.9 Å². The van der Waals surface area contributed by atoms with Gasteiger partial charge in [-0.25, -0.2) is 15.0 Å². The van der Waals surface area contributed by atoms with Crippen LogP contribution in [-0.2, 0) is 6.42 Å². The smallest absolute Gasteiger partial charge is 0.117 e. The number of para-hydroxylation sites is 1. The summed E-state index contributed by atoms with van der Waals surface area (Å²) in [7, 11) is 0. The van der Waals surface area contributed by atoms with Crippen LogP contribution >= 0.6 is 11.8 Å². The third-order valence-electron chi connectivity index (χ3n) is 3.09. The van der Waals surface area contributed by atoms with E-state index >= 15 is 0 Å². The fourth-order valence-electron chi connectivity index (χ4n) is 2.17. The molecule has 0 aliphatic carbocycles. The number of fused-ring (bicyclic) bond motifs is 1. The highest BCUT2D eigenvalue weighted by Gasteiger charge is 2.11. The van der Waals surface area contributed by atoms with Crippen molar-refractivity contribution in [3.05, 3.63) is 54.5 Å². The van der Waals surface area contributed by atoms with Gasteiger partial charge in [-0.1, -0.05) is 24.3 Å². The van der Waals surface area contributed by atoms with E-state index < -0.39 is 0 Å². The first-order valence-electron chi connectivity index (χ1n) is 6.81. The van der Waals surface area contributed by atoms with E-state index in [9.17, 15) is 0 Å². The Morgan fingerprint density at radius 3 is 2.76 bits per heavy atom. The first kappa shape index (κ1) is 14.0. The number of rotatable bonds is 4. The van der Waals surface area contributed by atoms with E-state index in [0.29, 0.717) is 0 Å². The van der Waals surface area contributed by atoms with Gasteiger partial charge in [-0.2, -0.15) is 0 Å². The minimum atomic E-state index is 0.107. The lowest BCUT2D eigenvalue weighted by Gasteiger charge is -2.10. The van der Waals surface area contributed by atoms with E-state index in [-0.39, 0.29) is 6.04 Å². The van der Waals surface area contributed by atoms with Crippen LogP contribution in [-0.4, -0.2) is 21.0 Å². The van der Waals surface area contributed by atoms with Crippen molar-refractivity contribution in [1.82, 2.24) is 15.0 Å². The van der Waals surface area contributed by atoms with Gasteiger partial charge in [-0.15, -0.1) is 0 Å². The van der Waals surface area contributed by atoms with Crippen LogP contribution < -0.4 is 5.73 Å². The van der Waals surface area contributed by atoms with Crippen LogP contribution in [0.2, 0.25) is 0 Å². The van der Waals surface area contributed by atoms with E-state index in [2.05, 4.69) is 21.0 Å². The molecule has 5 heteroatoms. The number of pyridine rings is 1. The number of nitrogens with two attached hydrogens (primary N) is 1. The third kappa shape index (κ3) is 3.20. The molecule has 0 spiro atoms. The summed E-state index contributed by atoms with van der Waals surface area (Å²) in [6.07, 6.45) is 4.20. The molecule has 1 unspecified atom stereocenters. The lowest BCUT2D eigenvalue weighted by atomic mass is 10.1. The summed E-state index contributed by atoms with van der Waals surface area (Å²) in [6.45, 7) is 2.00. The molecule has 0 saturated heterocycles. The van der Waals surface area contributed by atoms with Gasteiger partial charge in [-0.05, 0) is 42.8 Å². The van der Waals surface area contributed by atoms with Gasteiger partial charge in [-0.3, -0.25) is 0 Å². The Bertz CT molecular complexity index is 753. The molecule has 2 N–H and O–H groups in total. The van der Waals surface area contributed by atoms with Crippen LogP contribution in [0.3, 0.4) is 0 Å². The molecule has 0 aliphatic heterocycles. The van der Waals surface area contributed by atoms with Crippen molar-refractivity contribution in [2.45, 2.75) is 29.4 Å². The normalized spacial score (nSPS) is 12.5. The molecule has 0 bridgehead atoms. The Morgan fingerprint density at radius 1 is 1.05 bits per heavy atom. The van der Waals surface area contributed by atoms with Crippen LogP contribution in [0, 0.1) is 0 Å². The Hall–Kier alpha value is -1.98. The molecular weight excluding hydrogens is 280 g/mol. The molecule has 3 aromatic rings. The predicted molar refractivity (Wildman–Crippen MR) is 85.3 cm³/mol. The van der Waals surface area contributed by atoms with Crippen molar-refractivity contribution in [1.29, 1.82) is 0 Å². The van der Waals surface area contributed by atoms with Crippen molar-refractivity contribution in [2.24, 2.45) is 5.73 Å². The van der Waals surface area contributed by atoms with Gasteiger partial charge >= 0.3 is 0 Å². The largest absolute Gasteiger partial charge is 0.328 e. The second-order valence-electron chi connectivity index (χ2n) is 4.95. The molecule has 1 atom stereocenters. The Labute approximate surface area is 127 Å². The van der Waals surface area contributed by atoms with E-state index in [1.165, 1.54) is 0 Å². The molecule has 0 aliphatic rings. The molecule has 0 radical (unpaired) electrons. The average Bonchev–Trinajstić information content (AvgIpc) is 2.49. The van der Waals surface area contributed by atoms with Crippen molar-refractivity contribution in [3.8, 4) is 0 Å². The Morgan fingerprint density at radius 2 is 1.90 bits per heavy atom. The zero-order chi connectivity index (χ0) is 14.7. The monoisotopic (exact) mass is 296 g/mol. The van der Waals surface area contributed by atoms with Crippen LogP contribution in [0.1, 0.15) is 12.5 Å². The number of hydrogen-bond donors (Lipinski definition) is 1. The Balaban J connectivity index is 1.99. The molecular formula is C16H16N4S. The summed E-state index contributed by atoms with van der Waals surface area (Å²) in [4.78, 5) is 13.2. The van der Waals surface area contributed by atoms with Crippen molar-refractivity contribution in [2.75, 3.05) is 0 Å². The zero-order valence-corrected chi connectivity index (χ0v) is 12.5. The minimum Gasteiger partial charge on any atom is -0.328 e. The summed E-state index contributed by atoms with van der Waals surface area (Å²) < 4.78 is 0. The summed E-state index contributed by atoms with van der Waals surface area (Å²) in [6, 6.07) is 12.1. The van der Waals surface area contributed by atoms with Crippen molar-refractivity contribution >= 4 is 22.7 Å². The topological polar surface area (TPSA) is 64.7 Å². The maximum absolute atomic E-state index is 5.91. The van der Waals surface area contributed by atoms with E-state index in [1.54, 1.807) is 24.3 Å². The number of nitrogens with zero attached hydrogens (tertiary/aromatic N) is 3. The van der Waals surface area contributed by atoms with Gasteiger partial charge in [0.25, 0.3) is 0 Å². The zero-order valence-electron chi connectivity index (χ0n) is 11.7. The lowest BCUT2D eigenvalue weighted by molar-refractivity contribution is 0.722. The highest BCUT2D eigenvalue weighted by atomic mass is 32.2. The summed E-state index contributed by atoms with van der Waals surface area (Å²) in [5.41, 5.74) is 8.01. The molecule has 3 rings (SSSR count). The summed E-state index contributed by atoms with van der Waals surface area (Å²) in [5.74, 6) is 0. The van der Waals surface area contributed by atoms with Crippen molar-refractivity contribution in [3.63, 3.8) is 0 Å². The number of aromatic nitrogens is 3. The van der Waals surface area contributed by atoms with E-state index in [4.69, 9.17) is 5.73 Å². The average molecular weight is 296 g/mol. The van der Waals surface area contributed by atoms with Crippen LogP contribution in [0.4, 0.5) is 0 Å². The molecule has 2 aromatic heterocycles. The van der Waals surface area contributed by atoms with Gasteiger partial charge < -0.3 is 5.73 Å². The SMILES string of the molecule is CC(N)Cc1cccnc1Sc1ncnc2ccccc12. The van der Waals surface area contributed by atoms with Gasteiger partial charge in [0, 0.05) is 17.6 Å². The van der Waals surface area contributed by atoms with Crippen LogP contribution in [0.5, 0.6) is 0 Å². The van der Waals surface area contributed by atoms with Gasteiger partial charge in [0.2, 0.25) is 0 Å². The highest BCUT2D eigenvalue weighted by molar-refractivity contribution is 7.99. The number of hydrogen-bond acceptors (Lipinski definition) is 5. The molecule has 1 aromatic carbocycles. The molecule has 21 heavy (non-hydrogen) atoms. The first-order chi connectivity index (χ1) is 10.2. The van der Waals surface area contributed by atoms with Crippen LogP contribution in [0.15, 0.2) is 59.0 Å². The standard InChI is InChI=1S/C16H16N4S/c1-11(17)9-12-5-4-8-18-15(12)21-16-13-6-2-3-7-14(13)19-10-20-16/h2-8,10-11H,9,17H2,1H3. The Kier molecular flexibility index (Phi) is 4.13. The molecule has 0 amide bonds. The van der Waals surface area contributed by atoms with Crippen molar-refractivity contribution < 1.29 is 0 Å². The molecule has 106 valence electrons. The fourth-order valence-corrected chi connectivity index (χ4v) is 3.13. The third-order valence-corrected chi connectivity index (χ3v) is 4.17. The lowest BCUT2D eigenvalue weighted by Crippen LogP contribution is -2.18. The molecule has 0 saturated carbocycles. The maximum Gasteiger partial charge on any atom is 0.117 e. The van der Waals surface area contributed by atoms with Gasteiger partial charge in [0.15, 0.2) is 0 Å². The molecule has 0 fully saturated rings. The minimum absolute atomic E-state index is 0.107. The quantitative estimate of drug-likeness (QED) is 0.750. The predicted octanol–water partition coefficient (Wildman–Crippen LogP) is 3.07. The summed E-state index contributed by atoms with van der Waals surface area (Å²) in [5, 5.41) is 2.92. The first-order valence-corrected chi connectivity index (χ1v) is 7.63. The number of benzene rings is 1. The summed E-state index contributed by atoms with van der Waals surface area (Å²) >= 11 is 1.57. The fraction of sp³-hybridized carbons (Fsp3) is 0.188. The van der Waals surface area contributed by atoms with E-state index in [1.807, 2.05) is 37.3 Å². The molecule has 4 nitrogen and oxygen atoms in total. The maximum atomic E-state index is 5.91. The molecule has 2 heterocycles. The highest BCUT2D eigenvalue weighted by Crippen LogP contribution is 2.31.